The van der Waals surface area contributed by atoms with Gasteiger partial charge in [0.1, 0.15) is 0 Å². The Morgan fingerprint density at radius 3 is 1.80 bits per heavy atom. The number of aliphatic hydroxyl groups excluding tert-OH is 1. The highest BCUT2D eigenvalue weighted by molar-refractivity contribution is 8.00. The van der Waals surface area contributed by atoms with Crippen molar-refractivity contribution in [1.29, 1.82) is 0 Å². The van der Waals surface area contributed by atoms with E-state index in [1.807, 2.05) is 13.8 Å². The number of hydrogen-bond donors (Lipinski definition) is 2. The molecule has 2 aliphatic heterocycles. The molecule has 0 bridgehead atoms. The van der Waals surface area contributed by atoms with Gasteiger partial charge in [0.15, 0.2) is 0 Å². The van der Waals surface area contributed by atoms with Crippen LogP contribution in [0.2, 0.25) is 0 Å². The minimum atomic E-state index is -0.680. The van der Waals surface area contributed by atoms with Crippen molar-refractivity contribution in [3.63, 3.8) is 0 Å². The average molecular weight is 521 g/mol. The molecule has 0 radical (unpaired) electrons. The van der Waals surface area contributed by atoms with Crippen LogP contribution < -0.4 is 0 Å². The second-order valence-electron chi connectivity index (χ2n) is 12.3. The molecule has 1 aromatic rings. The number of benzene rings is 1. The zero-order valence-corrected chi connectivity index (χ0v) is 24.1. The lowest BCUT2D eigenvalue weighted by Gasteiger charge is -2.35. The van der Waals surface area contributed by atoms with Crippen LogP contribution in [0.15, 0.2) is 24.3 Å². The second kappa shape index (κ2) is 13.2. The van der Waals surface area contributed by atoms with Gasteiger partial charge in [-0.1, -0.05) is 63.8 Å². The first-order chi connectivity index (χ1) is 16.6. The summed E-state index contributed by atoms with van der Waals surface area (Å²) in [5, 5.41) is 21.5. The molecular formula is C30H48O3S2. The van der Waals surface area contributed by atoms with Crippen molar-refractivity contribution in [1.82, 2.24) is 0 Å². The van der Waals surface area contributed by atoms with Crippen LogP contribution in [-0.4, -0.2) is 33.3 Å². The summed E-state index contributed by atoms with van der Waals surface area (Å²) in [5.41, 5.74) is 2.56. The van der Waals surface area contributed by atoms with E-state index in [9.17, 15) is 15.0 Å². The number of carboxylic acid groups (broad SMARTS) is 1. The first-order valence-corrected chi connectivity index (χ1v) is 15.7. The topological polar surface area (TPSA) is 57.5 Å². The molecule has 4 unspecified atom stereocenters. The molecule has 2 aliphatic rings. The molecule has 4 atom stereocenters. The molecular weight excluding hydrogens is 472 g/mol. The van der Waals surface area contributed by atoms with Crippen LogP contribution in [0.4, 0.5) is 0 Å². The Morgan fingerprint density at radius 2 is 1.34 bits per heavy atom. The number of hydrogen-bond acceptors (Lipinski definition) is 4. The molecule has 0 amide bonds. The maximum atomic E-state index is 11.4. The quantitative estimate of drug-likeness (QED) is 0.288. The molecule has 1 aromatic carbocycles. The Kier molecular flexibility index (Phi) is 10.9. The van der Waals surface area contributed by atoms with Gasteiger partial charge in [0.05, 0.1) is 5.41 Å². The third-order valence-corrected chi connectivity index (χ3v) is 11.5. The monoisotopic (exact) mass is 520 g/mol. The minimum Gasteiger partial charge on any atom is -0.481 e. The van der Waals surface area contributed by atoms with E-state index >= 15 is 0 Å². The fraction of sp³-hybridized carbons (Fsp3) is 0.767. The lowest BCUT2D eigenvalue weighted by Crippen LogP contribution is -2.24. The van der Waals surface area contributed by atoms with Crippen molar-refractivity contribution in [3.8, 4) is 0 Å². The summed E-state index contributed by atoms with van der Waals surface area (Å²) in [6.07, 6.45) is 14.2. The zero-order valence-electron chi connectivity index (χ0n) is 22.4. The van der Waals surface area contributed by atoms with Gasteiger partial charge in [-0.05, 0) is 81.8 Å². The van der Waals surface area contributed by atoms with Crippen molar-refractivity contribution in [2.45, 2.75) is 126 Å². The van der Waals surface area contributed by atoms with E-state index in [4.69, 9.17) is 0 Å². The minimum absolute atomic E-state index is 0.0451. The molecule has 3 nitrogen and oxygen atoms in total. The van der Waals surface area contributed by atoms with Crippen LogP contribution in [0.5, 0.6) is 0 Å². The summed E-state index contributed by atoms with van der Waals surface area (Å²) in [6, 6.07) is 9.23. The molecule has 2 fully saturated rings. The predicted octanol–water partition coefficient (Wildman–Crippen LogP) is 8.81. The van der Waals surface area contributed by atoms with E-state index in [1.165, 1.54) is 51.4 Å². The highest BCUT2D eigenvalue weighted by Gasteiger charge is 2.31. The summed E-state index contributed by atoms with van der Waals surface area (Å²) in [4.78, 5) is 11.4. The van der Waals surface area contributed by atoms with Gasteiger partial charge in [0, 0.05) is 27.6 Å². The van der Waals surface area contributed by atoms with Gasteiger partial charge in [-0.2, -0.15) is 23.5 Å². The predicted molar refractivity (Wildman–Crippen MR) is 152 cm³/mol. The molecule has 5 heteroatoms. The zero-order chi connectivity index (χ0) is 25.5. The van der Waals surface area contributed by atoms with Crippen LogP contribution in [0.25, 0.3) is 0 Å². The highest BCUT2D eigenvalue weighted by atomic mass is 32.2. The van der Waals surface area contributed by atoms with Crippen LogP contribution in [-0.2, 0) is 4.79 Å². The Bertz CT molecular complexity index is 807. The van der Waals surface area contributed by atoms with E-state index in [1.54, 1.807) is 11.1 Å². The van der Waals surface area contributed by atoms with E-state index in [-0.39, 0.29) is 12.0 Å². The Labute approximate surface area is 222 Å². The first-order valence-electron chi connectivity index (χ1n) is 13.9. The molecule has 0 aromatic heterocycles. The van der Waals surface area contributed by atoms with Gasteiger partial charge in [0.2, 0.25) is 0 Å². The fourth-order valence-corrected chi connectivity index (χ4v) is 9.01. The summed E-state index contributed by atoms with van der Waals surface area (Å²) < 4.78 is 0. The molecule has 2 heterocycles. The van der Waals surface area contributed by atoms with Gasteiger partial charge in [0.25, 0.3) is 0 Å². The van der Waals surface area contributed by atoms with Gasteiger partial charge in [-0.15, -0.1) is 0 Å². The van der Waals surface area contributed by atoms with Crippen molar-refractivity contribution < 1.29 is 15.0 Å². The van der Waals surface area contributed by atoms with E-state index in [2.05, 4.69) is 61.6 Å². The molecule has 0 saturated carbocycles. The van der Waals surface area contributed by atoms with Gasteiger partial charge in [-0.25, -0.2) is 0 Å². The lowest BCUT2D eigenvalue weighted by molar-refractivity contribution is -0.147. The van der Waals surface area contributed by atoms with Crippen molar-refractivity contribution in [3.05, 3.63) is 35.4 Å². The smallest absolute Gasteiger partial charge is 0.309 e. The molecule has 3 rings (SSSR count). The largest absolute Gasteiger partial charge is 0.481 e. The van der Waals surface area contributed by atoms with Crippen LogP contribution in [0.1, 0.15) is 126 Å². The maximum Gasteiger partial charge on any atom is 0.309 e. The second-order valence-corrected chi connectivity index (χ2v) is 15.3. The Hall–Kier alpha value is -0.650. The SMILES string of the molecule is CC(C)(CO)CCCC1CCCC(c2ccccc2C2CCCC(CCCC(C)(C)C(=O)O)S2)S1. The van der Waals surface area contributed by atoms with Crippen LogP contribution >= 0.6 is 23.5 Å². The number of carboxylic acids is 1. The lowest BCUT2D eigenvalue weighted by atomic mass is 9.87. The number of thioether (sulfide) groups is 2. The van der Waals surface area contributed by atoms with Crippen molar-refractivity contribution >= 4 is 29.5 Å². The molecule has 35 heavy (non-hydrogen) atoms. The molecule has 2 N–H and O–H groups in total. The molecule has 198 valence electrons. The summed E-state index contributed by atoms with van der Waals surface area (Å²) in [7, 11) is 0. The third-order valence-electron chi connectivity index (χ3n) is 8.10. The van der Waals surface area contributed by atoms with Gasteiger partial charge < -0.3 is 10.2 Å². The van der Waals surface area contributed by atoms with Crippen LogP contribution in [0.3, 0.4) is 0 Å². The summed E-state index contributed by atoms with van der Waals surface area (Å²) in [5.74, 6) is -0.680. The van der Waals surface area contributed by atoms with Gasteiger partial charge >= 0.3 is 5.97 Å². The normalized spacial score (nSPS) is 26.0. The number of rotatable bonds is 12. The van der Waals surface area contributed by atoms with E-state index < -0.39 is 11.4 Å². The number of aliphatic hydroxyl groups is 1. The Morgan fingerprint density at radius 1 is 0.857 bits per heavy atom. The first kappa shape index (κ1) is 28.9. The van der Waals surface area contributed by atoms with E-state index in [0.717, 1.165) is 30.9 Å². The standard InChI is InChI=1S/C30H48O3S2/c1-29(2,21-31)19-9-13-22-11-7-17-26(34-22)24-15-5-6-16-25(24)27-18-8-12-23(35-27)14-10-20-30(3,4)28(32)33/h5-6,15-16,22-23,26-27,31H,7-14,17-21H2,1-4H3,(H,32,33). The van der Waals surface area contributed by atoms with Crippen LogP contribution in [0, 0.1) is 10.8 Å². The average Bonchev–Trinajstić information content (AvgIpc) is 2.84. The Balaban J connectivity index is 1.58. The molecule has 2 saturated heterocycles. The van der Waals surface area contributed by atoms with Crippen molar-refractivity contribution in [2.75, 3.05) is 6.61 Å². The third kappa shape index (κ3) is 8.71. The number of carbonyl (C=O) groups is 1. The van der Waals surface area contributed by atoms with Gasteiger partial charge in [-0.3, -0.25) is 4.79 Å². The maximum absolute atomic E-state index is 11.4. The highest BCUT2D eigenvalue weighted by Crippen LogP contribution is 2.51. The fourth-order valence-electron chi connectivity index (χ4n) is 5.54. The molecule has 0 spiro atoms. The summed E-state index contributed by atoms with van der Waals surface area (Å²) >= 11 is 4.37. The van der Waals surface area contributed by atoms with Crippen molar-refractivity contribution in [2.24, 2.45) is 10.8 Å². The molecule has 0 aliphatic carbocycles. The summed E-state index contributed by atoms with van der Waals surface area (Å²) in [6.45, 7) is 8.32. The number of aliphatic carboxylic acids is 1. The van der Waals surface area contributed by atoms with E-state index in [0.29, 0.717) is 15.7 Å².